The van der Waals surface area contributed by atoms with Crippen LogP contribution in [0.15, 0.2) is 59.7 Å². The summed E-state index contributed by atoms with van der Waals surface area (Å²) in [5, 5.41) is 16.0. The molecule has 2 fully saturated rings. The second-order valence-corrected chi connectivity index (χ2v) is 11.6. The number of hydrogen-bond donors (Lipinski definition) is 2. The number of aryl methyl sites for hydroxylation is 1. The van der Waals surface area contributed by atoms with Gasteiger partial charge >= 0.3 is 0 Å². The Morgan fingerprint density at radius 3 is 2.66 bits per heavy atom. The number of aromatic nitrogens is 3. The van der Waals surface area contributed by atoms with E-state index < -0.39 is 5.60 Å². The molecule has 2 saturated heterocycles. The highest BCUT2D eigenvalue weighted by atomic mass is 35.5. The van der Waals surface area contributed by atoms with Gasteiger partial charge in [0, 0.05) is 25.3 Å². The van der Waals surface area contributed by atoms with Gasteiger partial charge < -0.3 is 20.1 Å². The molecule has 1 amide bonds. The Hall–Kier alpha value is -3.21. The second-order valence-electron chi connectivity index (χ2n) is 10.8. The normalized spacial score (nSPS) is 19.0. The molecule has 1 atom stereocenters. The summed E-state index contributed by atoms with van der Waals surface area (Å²) in [5.74, 6) is -0.166. The minimum Gasteiger partial charge on any atom is -0.388 e. The zero-order chi connectivity index (χ0) is 28.7. The summed E-state index contributed by atoms with van der Waals surface area (Å²) in [6.07, 6.45) is 2.10. The molecule has 6 rings (SSSR count). The van der Waals surface area contributed by atoms with E-state index in [0.717, 1.165) is 23.4 Å². The predicted molar refractivity (Wildman–Crippen MR) is 158 cm³/mol. The fourth-order valence-corrected chi connectivity index (χ4v) is 6.31. The number of nitrogens with one attached hydrogen (secondary N) is 1. The molecule has 0 spiro atoms. The highest BCUT2D eigenvalue weighted by Gasteiger charge is 2.35. The standard InChI is InChI=1S/C30H31Cl2N5O4/c1-19-14-20(6-7-21(19)25-16-41-13-10-33-25)37-26(32)15-23-27(37)34-18-36(29(23)39)17-30(40)8-11-35(12-9-30)28(38)22-4-2-3-5-24(22)31/h2-7,14-15,18,25,33,40H,8-13,16-17H2,1H3. The summed E-state index contributed by atoms with van der Waals surface area (Å²) < 4.78 is 8.81. The number of rotatable bonds is 5. The zero-order valence-corrected chi connectivity index (χ0v) is 24.2. The fourth-order valence-electron chi connectivity index (χ4n) is 5.81. The average Bonchev–Trinajstić information content (AvgIpc) is 3.32. The van der Waals surface area contributed by atoms with E-state index in [2.05, 4.69) is 16.4 Å². The molecule has 2 aromatic carbocycles. The quantitative estimate of drug-likeness (QED) is 0.360. The SMILES string of the molecule is Cc1cc(-n2c(Cl)cc3c(=O)n(CC4(O)CCN(C(=O)c5ccccc5Cl)CC4)cnc32)ccc1C1COCCN1. The molecule has 4 aromatic rings. The third-order valence-electron chi connectivity index (χ3n) is 8.10. The van der Waals surface area contributed by atoms with E-state index in [4.69, 9.17) is 27.9 Å². The lowest BCUT2D eigenvalue weighted by Gasteiger charge is -2.38. The van der Waals surface area contributed by atoms with Crippen molar-refractivity contribution in [2.45, 2.75) is 38.0 Å². The van der Waals surface area contributed by atoms with Crippen molar-refractivity contribution >= 4 is 40.1 Å². The Labute approximate surface area is 247 Å². The van der Waals surface area contributed by atoms with Crippen molar-refractivity contribution in [2.24, 2.45) is 0 Å². The van der Waals surface area contributed by atoms with Crippen LogP contribution in [0.5, 0.6) is 0 Å². The van der Waals surface area contributed by atoms with Crippen LogP contribution in [0, 0.1) is 6.92 Å². The molecule has 214 valence electrons. The maximum absolute atomic E-state index is 13.5. The van der Waals surface area contributed by atoms with Gasteiger partial charge in [0.05, 0.1) is 47.4 Å². The number of halogens is 2. The van der Waals surface area contributed by atoms with Gasteiger partial charge in [0.1, 0.15) is 11.5 Å². The van der Waals surface area contributed by atoms with Crippen LogP contribution in [0.4, 0.5) is 0 Å². The Morgan fingerprint density at radius 1 is 1.17 bits per heavy atom. The van der Waals surface area contributed by atoms with Gasteiger partial charge in [0.15, 0.2) is 5.65 Å². The molecule has 2 aromatic heterocycles. The van der Waals surface area contributed by atoms with Crippen molar-refractivity contribution in [1.29, 1.82) is 0 Å². The Bertz CT molecular complexity index is 1670. The number of carbonyl (C=O) groups excluding carboxylic acids is 1. The van der Waals surface area contributed by atoms with Crippen molar-refractivity contribution in [3.8, 4) is 5.69 Å². The van der Waals surface area contributed by atoms with E-state index in [1.807, 2.05) is 19.1 Å². The number of piperidine rings is 1. The van der Waals surface area contributed by atoms with Gasteiger partial charge in [0.25, 0.3) is 11.5 Å². The van der Waals surface area contributed by atoms with Crippen LogP contribution in [-0.4, -0.2) is 68.5 Å². The van der Waals surface area contributed by atoms with Gasteiger partial charge in [-0.05, 0) is 61.2 Å². The van der Waals surface area contributed by atoms with E-state index in [-0.39, 0.29) is 24.1 Å². The Kier molecular flexibility index (Phi) is 7.65. The number of aliphatic hydroxyl groups is 1. The van der Waals surface area contributed by atoms with E-state index in [0.29, 0.717) is 65.9 Å². The molecule has 11 heteroatoms. The van der Waals surface area contributed by atoms with E-state index in [9.17, 15) is 14.7 Å². The molecular formula is C30H31Cl2N5O4. The summed E-state index contributed by atoms with van der Waals surface area (Å²) in [6.45, 7) is 4.96. The van der Waals surface area contributed by atoms with Crippen molar-refractivity contribution < 1.29 is 14.6 Å². The third-order valence-corrected chi connectivity index (χ3v) is 8.71. The number of amides is 1. The highest BCUT2D eigenvalue weighted by molar-refractivity contribution is 6.33. The minimum atomic E-state index is -1.16. The molecule has 0 radical (unpaired) electrons. The molecule has 4 heterocycles. The van der Waals surface area contributed by atoms with Crippen LogP contribution in [-0.2, 0) is 11.3 Å². The molecule has 0 aliphatic carbocycles. The maximum atomic E-state index is 13.5. The predicted octanol–water partition coefficient (Wildman–Crippen LogP) is 4.13. The summed E-state index contributed by atoms with van der Waals surface area (Å²) in [6, 6.07) is 14.7. The first kappa shape index (κ1) is 27.9. The van der Waals surface area contributed by atoms with Crippen LogP contribution in [0.3, 0.4) is 0 Å². The number of hydrogen-bond acceptors (Lipinski definition) is 6. The average molecular weight is 597 g/mol. The van der Waals surface area contributed by atoms with Crippen molar-refractivity contribution in [2.75, 3.05) is 32.8 Å². The van der Waals surface area contributed by atoms with Gasteiger partial charge in [-0.2, -0.15) is 0 Å². The van der Waals surface area contributed by atoms with E-state index in [1.165, 1.54) is 10.9 Å². The summed E-state index contributed by atoms with van der Waals surface area (Å²) in [4.78, 5) is 32.7. The number of morpholine rings is 1. The zero-order valence-electron chi connectivity index (χ0n) is 22.6. The first-order chi connectivity index (χ1) is 19.7. The lowest BCUT2D eigenvalue weighted by Crippen LogP contribution is -2.49. The summed E-state index contributed by atoms with van der Waals surface area (Å²) in [7, 11) is 0. The van der Waals surface area contributed by atoms with Crippen LogP contribution in [0.1, 0.15) is 40.4 Å². The number of fused-ring (bicyclic) bond motifs is 1. The van der Waals surface area contributed by atoms with Crippen molar-refractivity contribution in [1.82, 2.24) is 24.3 Å². The lowest BCUT2D eigenvalue weighted by molar-refractivity contribution is -0.0299. The van der Waals surface area contributed by atoms with Gasteiger partial charge in [-0.15, -0.1) is 0 Å². The van der Waals surface area contributed by atoms with Gasteiger partial charge in [-0.1, -0.05) is 41.4 Å². The number of nitrogens with zero attached hydrogens (tertiary/aromatic N) is 4. The molecule has 2 N–H and O–H groups in total. The van der Waals surface area contributed by atoms with Gasteiger partial charge in [-0.3, -0.25) is 18.7 Å². The lowest BCUT2D eigenvalue weighted by atomic mass is 9.91. The van der Waals surface area contributed by atoms with Crippen LogP contribution in [0.25, 0.3) is 16.7 Å². The number of benzene rings is 2. The number of likely N-dealkylation sites (tertiary alicyclic amines) is 1. The maximum Gasteiger partial charge on any atom is 0.262 e. The smallest absolute Gasteiger partial charge is 0.262 e. The fraction of sp³-hybridized carbons (Fsp3) is 0.367. The van der Waals surface area contributed by atoms with Crippen LogP contribution >= 0.6 is 23.2 Å². The molecule has 2 aliphatic heterocycles. The number of ether oxygens (including phenoxy) is 1. The van der Waals surface area contributed by atoms with Crippen molar-refractivity contribution in [3.05, 3.63) is 92.1 Å². The van der Waals surface area contributed by atoms with Crippen LogP contribution in [0.2, 0.25) is 10.2 Å². The van der Waals surface area contributed by atoms with Gasteiger partial charge in [-0.25, -0.2) is 4.98 Å². The molecule has 2 aliphatic rings. The highest BCUT2D eigenvalue weighted by Crippen LogP contribution is 2.30. The summed E-state index contributed by atoms with van der Waals surface area (Å²) >= 11 is 12.8. The van der Waals surface area contributed by atoms with Crippen molar-refractivity contribution in [3.63, 3.8) is 0 Å². The Morgan fingerprint density at radius 2 is 1.95 bits per heavy atom. The largest absolute Gasteiger partial charge is 0.388 e. The van der Waals surface area contributed by atoms with Gasteiger partial charge in [0.2, 0.25) is 0 Å². The minimum absolute atomic E-state index is 0.0654. The Balaban J connectivity index is 1.21. The number of carbonyl (C=O) groups is 1. The molecule has 41 heavy (non-hydrogen) atoms. The van der Waals surface area contributed by atoms with E-state index >= 15 is 0 Å². The molecule has 1 unspecified atom stereocenters. The summed E-state index contributed by atoms with van der Waals surface area (Å²) in [5.41, 5.74) is 2.50. The van der Waals surface area contributed by atoms with E-state index in [1.54, 1.807) is 39.8 Å². The first-order valence-corrected chi connectivity index (χ1v) is 14.4. The molecular weight excluding hydrogens is 565 g/mol. The topological polar surface area (TPSA) is 102 Å². The molecule has 0 bridgehead atoms. The monoisotopic (exact) mass is 595 g/mol. The first-order valence-electron chi connectivity index (χ1n) is 13.7. The molecule has 0 saturated carbocycles. The van der Waals surface area contributed by atoms with Crippen LogP contribution < -0.4 is 10.9 Å². The molecule has 9 nitrogen and oxygen atoms in total. The second kappa shape index (κ2) is 11.2. The third kappa shape index (κ3) is 5.40.